The third-order valence-electron chi connectivity index (χ3n) is 1.78. The third kappa shape index (κ3) is 1.80. The molecule has 1 N–H and O–H groups in total. The van der Waals surface area contributed by atoms with Crippen LogP contribution in [0.15, 0.2) is 23.1 Å². The van der Waals surface area contributed by atoms with Gasteiger partial charge in [-0.05, 0) is 52.4 Å². The molecule has 0 atom stereocenters. The highest BCUT2D eigenvalue weighted by molar-refractivity contribution is 14.1. The van der Waals surface area contributed by atoms with Gasteiger partial charge in [0.1, 0.15) is 5.75 Å². The van der Waals surface area contributed by atoms with Crippen molar-refractivity contribution in [3.8, 4) is 5.75 Å². The molecule has 1 aromatic carbocycles. The van der Waals surface area contributed by atoms with Crippen LogP contribution in [-0.4, -0.2) is 11.4 Å². The molecule has 0 fully saturated rings. The molecule has 0 unspecified atom stereocenters. The second kappa shape index (κ2) is 3.67. The van der Waals surface area contributed by atoms with E-state index in [1.165, 1.54) is 2.88 Å². The Morgan fingerprint density at radius 3 is 2.85 bits per heavy atom. The van der Waals surface area contributed by atoms with Crippen molar-refractivity contribution in [1.29, 1.82) is 0 Å². The first kappa shape index (κ1) is 9.61. The van der Waals surface area contributed by atoms with E-state index in [0.29, 0.717) is 5.75 Å². The maximum absolute atomic E-state index is 9.69. The molecule has 68 valence electrons. The van der Waals surface area contributed by atoms with E-state index < -0.39 is 0 Å². The lowest BCUT2D eigenvalue weighted by molar-refractivity contribution is 0.481. The van der Waals surface area contributed by atoms with Gasteiger partial charge < -0.3 is 5.11 Å². The minimum atomic E-state index is 0.398. The number of halogens is 1. The molecule has 1 nitrogen and oxygen atoms in total. The molecule has 0 bridgehead atoms. The summed E-state index contributed by atoms with van der Waals surface area (Å²) in [5, 5.41) is 10.8. The van der Waals surface area contributed by atoms with Gasteiger partial charge in [-0.3, -0.25) is 0 Å². The van der Waals surface area contributed by atoms with Crippen molar-refractivity contribution in [1.82, 2.24) is 0 Å². The van der Waals surface area contributed by atoms with Gasteiger partial charge in [-0.1, -0.05) is 0 Å². The highest BCUT2D eigenvalue weighted by Gasteiger charge is 2.05. The number of phenols is 1. The summed E-state index contributed by atoms with van der Waals surface area (Å²) in [5.74, 6) is 0.398. The van der Waals surface area contributed by atoms with Gasteiger partial charge in [0, 0.05) is 4.90 Å². The van der Waals surface area contributed by atoms with Crippen molar-refractivity contribution in [2.75, 3.05) is 6.26 Å². The van der Waals surface area contributed by atoms with Crippen LogP contribution < -0.4 is 0 Å². The lowest BCUT2D eigenvalue weighted by Crippen LogP contribution is -1.70. The van der Waals surface area contributed by atoms with E-state index in [-0.39, 0.29) is 0 Å². The molecule has 4 heteroatoms. The molecule has 0 amide bonds. The summed E-state index contributed by atoms with van der Waals surface area (Å²) >= 11 is 5.55. The van der Waals surface area contributed by atoms with Crippen molar-refractivity contribution >= 4 is 55.8 Å². The smallest absolute Gasteiger partial charge is 0.134 e. The number of rotatable bonds is 1. The predicted octanol–water partition coefficient (Wildman–Crippen LogP) is 3.93. The van der Waals surface area contributed by atoms with Gasteiger partial charge in [0.25, 0.3) is 0 Å². The number of hydrogen-bond donors (Lipinski definition) is 1. The Morgan fingerprint density at radius 1 is 1.38 bits per heavy atom. The molecular weight excluding hydrogens is 315 g/mol. The number of benzene rings is 1. The number of thioether (sulfide) groups is 1. The number of fused-ring (bicyclic) bond motifs is 1. The number of hydrogen-bond acceptors (Lipinski definition) is 3. The molecule has 0 saturated carbocycles. The second-order valence-electron chi connectivity index (χ2n) is 2.62. The van der Waals surface area contributed by atoms with E-state index in [1.807, 2.05) is 12.3 Å². The Morgan fingerprint density at radius 2 is 2.15 bits per heavy atom. The highest BCUT2D eigenvalue weighted by Crippen LogP contribution is 2.36. The van der Waals surface area contributed by atoms with Gasteiger partial charge in [-0.25, -0.2) is 0 Å². The van der Waals surface area contributed by atoms with E-state index >= 15 is 0 Å². The number of thiophene rings is 1. The minimum Gasteiger partial charge on any atom is -0.506 e. The van der Waals surface area contributed by atoms with Crippen LogP contribution in [0.1, 0.15) is 0 Å². The first-order valence-electron chi connectivity index (χ1n) is 3.67. The molecule has 1 heterocycles. The van der Waals surface area contributed by atoms with Crippen LogP contribution in [0.5, 0.6) is 5.75 Å². The van der Waals surface area contributed by atoms with Crippen molar-refractivity contribution < 1.29 is 5.11 Å². The standard InChI is InChI=1S/C9H7IOS2/c1-12-6-2-5-3-8(10)13-9(5)7(11)4-6/h2-4,11H,1H3. The SMILES string of the molecule is CSc1cc(O)c2sc(I)cc2c1. The van der Waals surface area contributed by atoms with E-state index in [4.69, 9.17) is 0 Å². The summed E-state index contributed by atoms with van der Waals surface area (Å²) < 4.78 is 2.20. The molecule has 0 spiro atoms. The first-order chi connectivity index (χ1) is 6.20. The van der Waals surface area contributed by atoms with Crippen LogP contribution >= 0.6 is 45.7 Å². The average molecular weight is 322 g/mol. The van der Waals surface area contributed by atoms with Crippen LogP contribution in [0.2, 0.25) is 0 Å². The monoisotopic (exact) mass is 322 g/mol. The molecule has 0 radical (unpaired) electrons. The molecule has 0 aliphatic carbocycles. The van der Waals surface area contributed by atoms with E-state index in [2.05, 4.69) is 34.7 Å². The molecule has 13 heavy (non-hydrogen) atoms. The van der Waals surface area contributed by atoms with Crippen molar-refractivity contribution in [2.24, 2.45) is 0 Å². The van der Waals surface area contributed by atoms with Crippen LogP contribution in [0.3, 0.4) is 0 Å². The summed E-state index contributed by atoms with van der Waals surface area (Å²) in [4.78, 5) is 1.11. The van der Waals surface area contributed by atoms with Gasteiger partial charge in [-0.2, -0.15) is 0 Å². The summed E-state index contributed by atoms with van der Waals surface area (Å²) in [6, 6.07) is 6.03. The average Bonchev–Trinajstić information content (AvgIpc) is 2.46. The Bertz CT molecular complexity index is 450. The van der Waals surface area contributed by atoms with Gasteiger partial charge >= 0.3 is 0 Å². The normalized spacial score (nSPS) is 10.9. The van der Waals surface area contributed by atoms with Gasteiger partial charge in [0.05, 0.1) is 7.58 Å². The Hall–Kier alpha value is 0.0600. The van der Waals surface area contributed by atoms with Gasteiger partial charge in [-0.15, -0.1) is 23.1 Å². The highest BCUT2D eigenvalue weighted by atomic mass is 127. The van der Waals surface area contributed by atoms with Crippen molar-refractivity contribution in [3.05, 3.63) is 21.1 Å². The van der Waals surface area contributed by atoms with Crippen molar-refractivity contribution in [3.63, 3.8) is 0 Å². The molecule has 1 aromatic heterocycles. The van der Waals surface area contributed by atoms with Crippen molar-refractivity contribution in [2.45, 2.75) is 4.90 Å². The zero-order valence-corrected chi connectivity index (χ0v) is 10.7. The molecular formula is C9H7IOS2. The van der Waals surface area contributed by atoms with Gasteiger partial charge in [0.2, 0.25) is 0 Å². The molecule has 0 aliphatic heterocycles. The van der Waals surface area contributed by atoms with Crippen LogP contribution in [0.4, 0.5) is 0 Å². The second-order valence-corrected chi connectivity index (χ2v) is 6.44. The van der Waals surface area contributed by atoms with Gasteiger partial charge in [0.15, 0.2) is 0 Å². The lowest BCUT2D eigenvalue weighted by Gasteiger charge is -1.98. The van der Waals surface area contributed by atoms with Crippen LogP contribution in [-0.2, 0) is 0 Å². The zero-order chi connectivity index (χ0) is 9.42. The fourth-order valence-electron chi connectivity index (χ4n) is 1.19. The molecule has 0 saturated heterocycles. The summed E-state index contributed by atoms with van der Waals surface area (Å²) in [7, 11) is 0. The Kier molecular flexibility index (Phi) is 2.71. The first-order valence-corrected chi connectivity index (χ1v) is 6.79. The Balaban J connectivity index is 2.75. The number of aromatic hydroxyl groups is 1. The minimum absolute atomic E-state index is 0.398. The third-order valence-corrected chi connectivity index (χ3v) is 4.42. The molecule has 2 aromatic rings. The quantitative estimate of drug-likeness (QED) is 0.634. The zero-order valence-electron chi connectivity index (χ0n) is 6.87. The fraction of sp³-hybridized carbons (Fsp3) is 0.111. The maximum atomic E-state index is 9.69. The summed E-state index contributed by atoms with van der Waals surface area (Å²) in [6.45, 7) is 0. The summed E-state index contributed by atoms with van der Waals surface area (Å²) in [5.41, 5.74) is 0. The van der Waals surface area contributed by atoms with E-state index in [0.717, 1.165) is 15.0 Å². The molecule has 0 aliphatic rings. The van der Waals surface area contributed by atoms with E-state index in [9.17, 15) is 5.11 Å². The van der Waals surface area contributed by atoms with E-state index in [1.54, 1.807) is 23.1 Å². The molecule has 2 rings (SSSR count). The Labute approximate surface area is 98.3 Å². The largest absolute Gasteiger partial charge is 0.506 e. The summed E-state index contributed by atoms with van der Waals surface area (Å²) in [6.07, 6.45) is 2.01. The lowest BCUT2D eigenvalue weighted by atomic mass is 10.2. The fourth-order valence-corrected chi connectivity index (χ4v) is 3.44. The topological polar surface area (TPSA) is 20.2 Å². The van der Waals surface area contributed by atoms with Crippen LogP contribution in [0, 0.1) is 2.88 Å². The van der Waals surface area contributed by atoms with Crippen LogP contribution in [0.25, 0.3) is 10.1 Å². The number of phenolic OH excluding ortho intramolecular Hbond substituents is 1. The maximum Gasteiger partial charge on any atom is 0.134 e. The predicted molar refractivity (Wildman–Crippen MR) is 68.0 cm³/mol.